The standard InChI is InChI=1S/3Al.3Mg.5H2O4S.5H2O/c;;;;;;5*1-5(2,3)4;;;;;/h;;;;;;5*(H2,1,2,3,4);5*1H2/q3*+3;3*+2;;;;;;;;;;/p-15. The Labute approximate surface area is 284 Å². The first kappa shape index (κ1) is 106. The number of hydrogen-bond acceptors (Lipinski definition) is 25. The zero-order valence-electron chi connectivity index (χ0n) is 16.3. The normalized spacial score (nSPS) is 8.06. The average Bonchev–Trinajstić information content (AvgIpc) is 1.79. The summed E-state index contributed by atoms with van der Waals surface area (Å²) >= 11 is 0. The third kappa shape index (κ3) is 5190. The summed E-state index contributed by atoms with van der Waals surface area (Å²) in [5.41, 5.74) is 0. The molecule has 0 amide bonds. The van der Waals surface area contributed by atoms with Crippen LogP contribution in [0.25, 0.3) is 0 Å². The van der Waals surface area contributed by atoms with Gasteiger partial charge in [-0.1, -0.05) is 0 Å². The van der Waals surface area contributed by atoms with E-state index in [0.29, 0.717) is 0 Å². The van der Waals surface area contributed by atoms with E-state index in [1.165, 1.54) is 0 Å². The van der Waals surface area contributed by atoms with Crippen molar-refractivity contribution < 1.29 is 115 Å². The molecule has 36 heteroatoms. The molecular formula is H5Al3Mg3O25S5. The summed E-state index contributed by atoms with van der Waals surface area (Å²) in [6.45, 7) is 0. The van der Waals surface area contributed by atoms with Crippen LogP contribution in [0.2, 0.25) is 0 Å². The SMILES string of the molecule is O=S(=O)([O-])[O-].O=S(=O)([O-])[O-].O=S(=O)([O-])[O-].O=S(=O)([O-])[O-].O=S(=O)([O-])[O-].[Al+3].[Al+3].[Al+3].[Mg+2].[Mg+2].[Mg+2].[OH-].[OH-].[OH-].[OH-].[OH-]. The van der Waals surface area contributed by atoms with Crippen molar-refractivity contribution in [3.63, 3.8) is 0 Å². The average molecular weight is 719 g/mol. The van der Waals surface area contributed by atoms with Crippen LogP contribution in [-0.2, 0) is 52.0 Å². The fraction of sp³-hybridized carbons (Fsp3) is 0. The predicted molar refractivity (Wildman–Crippen MR) is 96.6 cm³/mol. The van der Waals surface area contributed by atoms with Crippen LogP contribution in [0, 0.1) is 0 Å². The van der Waals surface area contributed by atoms with Crippen molar-refractivity contribution in [1.82, 2.24) is 0 Å². The maximum atomic E-state index is 8.52. The Morgan fingerprint density at radius 3 is 0.250 bits per heavy atom. The van der Waals surface area contributed by atoms with Crippen LogP contribution in [0.3, 0.4) is 0 Å². The van der Waals surface area contributed by atoms with Crippen LogP contribution in [0.1, 0.15) is 0 Å². The summed E-state index contributed by atoms with van der Waals surface area (Å²) in [6, 6.07) is 0. The van der Waals surface area contributed by atoms with E-state index >= 15 is 0 Å². The zero-order chi connectivity index (χ0) is 22.5. The Balaban J connectivity index is -0.00000000922. The molecule has 0 aromatic carbocycles. The summed E-state index contributed by atoms with van der Waals surface area (Å²) in [5, 5.41) is 0. The van der Waals surface area contributed by atoms with Crippen molar-refractivity contribution in [3.8, 4) is 0 Å². The second kappa shape index (κ2) is 47.8. The van der Waals surface area contributed by atoms with Crippen molar-refractivity contribution in [2.24, 2.45) is 0 Å². The van der Waals surface area contributed by atoms with Crippen molar-refractivity contribution >= 4 is 173 Å². The molecule has 0 fully saturated rings. The van der Waals surface area contributed by atoms with Crippen molar-refractivity contribution in [2.45, 2.75) is 0 Å². The topological polar surface area (TPSA) is 551 Å². The monoisotopic (exact) mass is 718 g/mol. The minimum Gasteiger partial charge on any atom is -0.870 e. The van der Waals surface area contributed by atoms with E-state index in [2.05, 4.69) is 0 Å². The van der Waals surface area contributed by atoms with Gasteiger partial charge in [0, 0.05) is 52.0 Å². The van der Waals surface area contributed by atoms with Crippen LogP contribution in [0.15, 0.2) is 0 Å². The van der Waals surface area contributed by atoms with Crippen molar-refractivity contribution in [1.29, 1.82) is 0 Å². The van der Waals surface area contributed by atoms with E-state index in [4.69, 9.17) is 87.6 Å². The summed E-state index contributed by atoms with van der Waals surface area (Å²) in [6.07, 6.45) is 0. The molecule has 0 aromatic heterocycles. The Morgan fingerprint density at radius 1 is 0.250 bits per heavy atom. The van der Waals surface area contributed by atoms with E-state index < -0.39 is 52.0 Å². The molecule has 0 spiro atoms. The maximum absolute atomic E-state index is 8.52. The van der Waals surface area contributed by atoms with Crippen molar-refractivity contribution in [3.05, 3.63) is 0 Å². The molecule has 0 aliphatic rings. The summed E-state index contributed by atoms with van der Waals surface area (Å²) < 4.78 is 170. The molecule has 200 valence electrons. The Bertz CT molecular complexity index is 639. The Hall–Kier alpha value is 3.05. The van der Waals surface area contributed by atoms with Gasteiger partial charge in [-0.05, 0) is 0 Å². The van der Waals surface area contributed by atoms with Gasteiger partial charge in [-0.15, -0.1) is 0 Å². The van der Waals surface area contributed by atoms with Gasteiger partial charge in [-0.2, -0.15) is 0 Å². The minimum atomic E-state index is -5.17. The molecule has 0 bridgehead atoms. The third-order valence-electron chi connectivity index (χ3n) is 0. The fourth-order valence-corrected chi connectivity index (χ4v) is 0. The van der Waals surface area contributed by atoms with Gasteiger partial charge in [-0.25, -0.2) is 0 Å². The van der Waals surface area contributed by atoms with E-state index in [9.17, 15) is 0 Å². The van der Waals surface area contributed by atoms with Gasteiger partial charge in [0.2, 0.25) is 0 Å². The summed E-state index contributed by atoms with van der Waals surface area (Å²) in [5.74, 6) is 0. The molecule has 0 atom stereocenters. The first-order valence-corrected chi connectivity index (χ1v) is 10.0. The van der Waals surface area contributed by atoms with Crippen LogP contribution in [0.5, 0.6) is 0 Å². The molecule has 0 radical (unpaired) electrons. The van der Waals surface area contributed by atoms with E-state index in [1.54, 1.807) is 0 Å². The number of hydrogen-bond donors (Lipinski definition) is 0. The van der Waals surface area contributed by atoms with Crippen LogP contribution < -0.4 is 0 Å². The maximum Gasteiger partial charge on any atom is 3.00 e. The summed E-state index contributed by atoms with van der Waals surface area (Å²) in [7, 11) is -25.8. The molecule has 25 nitrogen and oxygen atoms in total. The van der Waals surface area contributed by atoms with Gasteiger partial charge in [0.25, 0.3) is 0 Å². The first-order valence-electron chi connectivity index (χ1n) is 3.33. The molecule has 0 saturated carbocycles. The molecule has 0 aliphatic heterocycles. The van der Waals surface area contributed by atoms with Crippen molar-refractivity contribution in [2.75, 3.05) is 0 Å². The minimum absolute atomic E-state index is 0. The summed E-state index contributed by atoms with van der Waals surface area (Å²) in [4.78, 5) is 0. The number of rotatable bonds is 0. The van der Waals surface area contributed by atoms with Crippen LogP contribution >= 0.6 is 0 Å². The largest absolute Gasteiger partial charge is 3.00 e. The molecule has 36 heavy (non-hydrogen) atoms. The van der Waals surface area contributed by atoms with Gasteiger partial charge in [0.1, 0.15) is 0 Å². The second-order valence-corrected chi connectivity index (χ2v) is 6.12. The third-order valence-corrected chi connectivity index (χ3v) is 0. The van der Waals surface area contributed by atoms with Gasteiger partial charge in [0.05, 0.1) is 0 Å². The van der Waals surface area contributed by atoms with Gasteiger partial charge in [0.15, 0.2) is 0 Å². The van der Waals surface area contributed by atoms with Crippen LogP contribution in [-0.4, -0.2) is 236 Å². The van der Waals surface area contributed by atoms with Gasteiger partial charge >= 0.3 is 121 Å². The quantitative estimate of drug-likeness (QED) is 0.127. The van der Waals surface area contributed by atoms with Gasteiger partial charge < -0.3 is 72.9 Å². The Kier molecular flexibility index (Phi) is 141. The molecular weight excluding hydrogens is 714 g/mol. The zero-order valence-corrected chi connectivity index (χ0v) is 28.1. The van der Waals surface area contributed by atoms with E-state index in [1.807, 2.05) is 0 Å². The molecule has 0 heterocycles. The second-order valence-electron chi connectivity index (χ2n) is 2.04. The molecule has 0 saturated heterocycles. The molecule has 0 rings (SSSR count). The smallest absolute Gasteiger partial charge is 0.870 e. The molecule has 5 N–H and O–H groups in total. The molecule has 0 unspecified atom stereocenters. The molecule has 0 aromatic rings. The molecule has 0 aliphatic carbocycles. The van der Waals surface area contributed by atoms with E-state index in [0.717, 1.165) is 0 Å². The van der Waals surface area contributed by atoms with Gasteiger partial charge in [-0.3, -0.25) is 42.1 Å². The van der Waals surface area contributed by atoms with Crippen LogP contribution in [0.4, 0.5) is 0 Å². The Morgan fingerprint density at radius 2 is 0.250 bits per heavy atom. The fourth-order valence-electron chi connectivity index (χ4n) is 0. The van der Waals surface area contributed by atoms with E-state index in [-0.39, 0.29) is 149 Å². The first-order chi connectivity index (χ1) is 10.0. The predicted octanol–water partition coefficient (Wildman–Crippen LogP) is -9.86.